The van der Waals surface area contributed by atoms with Crippen LogP contribution in [0.3, 0.4) is 0 Å². The molecule has 0 spiro atoms. The number of rotatable bonds is 1. The second kappa shape index (κ2) is 4.28. The summed E-state index contributed by atoms with van der Waals surface area (Å²) < 4.78 is 0. The van der Waals surface area contributed by atoms with Crippen molar-refractivity contribution in [3.63, 3.8) is 0 Å². The van der Waals surface area contributed by atoms with Gasteiger partial charge in [0, 0.05) is 11.3 Å². The SMILES string of the molecule is Cc1cc(Cl)c2nc(-c3ccc(N)c(C)c3)[nH]c2c1. The number of nitrogens with zero attached hydrogens (tertiary/aromatic N) is 1. The monoisotopic (exact) mass is 271 g/mol. The molecule has 0 aliphatic carbocycles. The van der Waals surface area contributed by atoms with Crippen molar-refractivity contribution in [3.05, 3.63) is 46.5 Å². The molecule has 0 fully saturated rings. The van der Waals surface area contributed by atoms with Crippen LogP contribution in [0.1, 0.15) is 11.1 Å². The molecule has 3 N–H and O–H groups in total. The number of H-pyrrole nitrogens is 1. The van der Waals surface area contributed by atoms with Crippen LogP contribution in [0.2, 0.25) is 5.02 Å². The predicted octanol–water partition coefficient (Wildman–Crippen LogP) is 4.08. The number of fused-ring (bicyclic) bond motifs is 1. The maximum Gasteiger partial charge on any atom is 0.138 e. The zero-order valence-electron chi connectivity index (χ0n) is 10.8. The number of nitrogens with two attached hydrogens (primary N) is 1. The van der Waals surface area contributed by atoms with Crippen molar-refractivity contribution >= 4 is 28.3 Å². The average molecular weight is 272 g/mol. The molecule has 0 saturated carbocycles. The van der Waals surface area contributed by atoms with Gasteiger partial charge in [-0.1, -0.05) is 11.6 Å². The first-order chi connectivity index (χ1) is 9.04. The van der Waals surface area contributed by atoms with Gasteiger partial charge in [-0.25, -0.2) is 4.98 Å². The zero-order valence-corrected chi connectivity index (χ0v) is 11.5. The molecule has 3 aromatic rings. The third-order valence-corrected chi connectivity index (χ3v) is 3.52. The largest absolute Gasteiger partial charge is 0.399 e. The molecule has 0 aliphatic heterocycles. The number of aromatic amines is 1. The van der Waals surface area contributed by atoms with E-state index >= 15 is 0 Å². The van der Waals surface area contributed by atoms with Crippen LogP contribution in [0.5, 0.6) is 0 Å². The van der Waals surface area contributed by atoms with Gasteiger partial charge >= 0.3 is 0 Å². The van der Waals surface area contributed by atoms with Gasteiger partial charge in [0.25, 0.3) is 0 Å². The van der Waals surface area contributed by atoms with E-state index in [1.54, 1.807) is 0 Å². The Morgan fingerprint density at radius 2 is 1.95 bits per heavy atom. The second-order valence-electron chi connectivity index (χ2n) is 4.80. The first-order valence-electron chi connectivity index (χ1n) is 6.07. The molecule has 0 amide bonds. The summed E-state index contributed by atoms with van der Waals surface area (Å²) in [6.07, 6.45) is 0. The zero-order chi connectivity index (χ0) is 13.6. The minimum absolute atomic E-state index is 0.671. The summed E-state index contributed by atoms with van der Waals surface area (Å²) in [5, 5.41) is 0.671. The van der Waals surface area contributed by atoms with E-state index in [2.05, 4.69) is 9.97 Å². The molecular formula is C15H14ClN3. The highest BCUT2D eigenvalue weighted by Crippen LogP contribution is 2.28. The van der Waals surface area contributed by atoms with E-state index in [9.17, 15) is 0 Å². The van der Waals surface area contributed by atoms with E-state index in [0.717, 1.165) is 39.2 Å². The van der Waals surface area contributed by atoms with Gasteiger partial charge in [-0.05, 0) is 55.3 Å². The number of aromatic nitrogens is 2. The third-order valence-electron chi connectivity index (χ3n) is 3.23. The standard InChI is InChI=1S/C15H14ClN3/c1-8-5-11(16)14-13(6-8)18-15(19-14)10-3-4-12(17)9(2)7-10/h3-7H,17H2,1-2H3,(H,18,19). The highest BCUT2D eigenvalue weighted by atomic mass is 35.5. The number of nitrogens with one attached hydrogen (secondary N) is 1. The Labute approximate surface area is 116 Å². The van der Waals surface area contributed by atoms with Crippen molar-refractivity contribution < 1.29 is 0 Å². The summed E-state index contributed by atoms with van der Waals surface area (Å²) in [6, 6.07) is 9.84. The van der Waals surface area contributed by atoms with Gasteiger partial charge in [-0.2, -0.15) is 0 Å². The number of halogens is 1. The summed E-state index contributed by atoms with van der Waals surface area (Å²) in [4.78, 5) is 7.87. The average Bonchev–Trinajstić information content (AvgIpc) is 2.76. The van der Waals surface area contributed by atoms with E-state index in [1.165, 1.54) is 0 Å². The summed E-state index contributed by atoms with van der Waals surface area (Å²) in [5.41, 5.74) is 11.5. The first-order valence-corrected chi connectivity index (χ1v) is 6.45. The Hall–Kier alpha value is -2.00. The van der Waals surface area contributed by atoms with Gasteiger partial charge in [-0.15, -0.1) is 0 Å². The number of anilines is 1. The number of benzene rings is 2. The number of hydrogen-bond donors (Lipinski definition) is 2. The van der Waals surface area contributed by atoms with Crippen molar-refractivity contribution in [2.75, 3.05) is 5.73 Å². The van der Waals surface area contributed by atoms with E-state index in [4.69, 9.17) is 17.3 Å². The van der Waals surface area contributed by atoms with Crippen LogP contribution in [0.4, 0.5) is 5.69 Å². The van der Waals surface area contributed by atoms with Crippen molar-refractivity contribution in [3.8, 4) is 11.4 Å². The Morgan fingerprint density at radius 3 is 2.68 bits per heavy atom. The van der Waals surface area contributed by atoms with Crippen molar-refractivity contribution in [2.45, 2.75) is 13.8 Å². The van der Waals surface area contributed by atoms with Crippen LogP contribution in [0.25, 0.3) is 22.4 Å². The summed E-state index contributed by atoms with van der Waals surface area (Å²) in [5.74, 6) is 0.811. The minimum Gasteiger partial charge on any atom is -0.399 e. The van der Waals surface area contributed by atoms with Crippen molar-refractivity contribution in [1.29, 1.82) is 0 Å². The lowest BCUT2D eigenvalue weighted by atomic mass is 10.1. The molecule has 0 saturated heterocycles. The van der Waals surface area contributed by atoms with E-state index in [-0.39, 0.29) is 0 Å². The summed E-state index contributed by atoms with van der Waals surface area (Å²) in [6.45, 7) is 4.00. The molecule has 0 atom stereocenters. The molecule has 1 aromatic heterocycles. The fourth-order valence-electron chi connectivity index (χ4n) is 2.17. The lowest BCUT2D eigenvalue weighted by molar-refractivity contribution is 1.32. The van der Waals surface area contributed by atoms with Gasteiger partial charge in [0.15, 0.2) is 0 Å². The fourth-order valence-corrected chi connectivity index (χ4v) is 2.49. The first kappa shape index (κ1) is 12.1. The fraction of sp³-hybridized carbons (Fsp3) is 0.133. The van der Waals surface area contributed by atoms with Crippen LogP contribution in [-0.2, 0) is 0 Å². The van der Waals surface area contributed by atoms with E-state index in [1.807, 2.05) is 44.2 Å². The van der Waals surface area contributed by atoms with Crippen LogP contribution in [0.15, 0.2) is 30.3 Å². The van der Waals surface area contributed by atoms with E-state index in [0.29, 0.717) is 5.02 Å². The Kier molecular flexibility index (Phi) is 2.72. The van der Waals surface area contributed by atoms with Crippen LogP contribution in [-0.4, -0.2) is 9.97 Å². The number of aryl methyl sites for hydroxylation is 2. The second-order valence-corrected chi connectivity index (χ2v) is 5.21. The molecule has 2 aromatic carbocycles. The summed E-state index contributed by atoms with van der Waals surface area (Å²) >= 11 is 6.22. The number of imidazole rings is 1. The molecule has 96 valence electrons. The van der Waals surface area contributed by atoms with Crippen LogP contribution in [0, 0.1) is 13.8 Å². The lowest BCUT2D eigenvalue weighted by Crippen LogP contribution is -1.90. The molecule has 0 unspecified atom stereocenters. The molecular weight excluding hydrogens is 258 g/mol. The molecule has 0 aliphatic rings. The van der Waals surface area contributed by atoms with Crippen LogP contribution >= 0.6 is 11.6 Å². The smallest absolute Gasteiger partial charge is 0.138 e. The normalized spacial score (nSPS) is 11.1. The highest BCUT2D eigenvalue weighted by molar-refractivity contribution is 6.35. The molecule has 0 radical (unpaired) electrons. The third kappa shape index (κ3) is 2.06. The lowest BCUT2D eigenvalue weighted by Gasteiger charge is -2.01. The van der Waals surface area contributed by atoms with Crippen LogP contribution < -0.4 is 5.73 Å². The molecule has 3 nitrogen and oxygen atoms in total. The Morgan fingerprint density at radius 1 is 1.16 bits per heavy atom. The summed E-state index contributed by atoms with van der Waals surface area (Å²) in [7, 11) is 0. The maximum absolute atomic E-state index is 6.22. The quantitative estimate of drug-likeness (QED) is 0.655. The number of nitrogen functional groups attached to an aromatic ring is 1. The molecule has 0 bridgehead atoms. The molecule has 3 rings (SSSR count). The minimum atomic E-state index is 0.671. The van der Waals surface area contributed by atoms with E-state index < -0.39 is 0 Å². The van der Waals surface area contributed by atoms with Gasteiger partial charge in [-0.3, -0.25) is 0 Å². The predicted molar refractivity (Wildman–Crippen MR) is 80.4 cm³/mol. The highest BCUT2D eigenvalue weighted by Gasteiger charge is 2.09. The van der Waals surface area contributed by atoms with Gasteiger partial charge in [0.1, 0.15) is 11.3 Å². The Balaban J connectivity index is 2.20. The maximum atomic E-state index is 6.22. The van der Waals surface area contributed by atoms with Crippen molar-refractivity contribution in [1.82, 2.24) is 9.97 Å². The molecule has 4 heteroatoms. The van der Waals surface area contributed by atoms with Gasteiger partial charge in [0.2, 0.25) is 0 Å². The van der Waals surface area contributed by atoms with Gasteiger partial charge < -0.3 is 10.7 Å². The van der Waals surface area contributed by atoms with Crippen molar-refractivity contribution in [2.24, 2.45) is 0 Å². The molecule has 1 heterocycles. The molecule has 19 heavy (non-hydrogen) atoms. The Bertz CT molecular complexity index is 774. The topological polar surface area (TPSA) is 54.7 Å². The number of hydrogen-bond acceptors (Lipinski definition) is 2. The van der Waals surface area contributed by atoms with Gasteiger partial charge in [0.05, 0.1) is 10.5 Å².